The Morgan fingerprint density at radius 2 is 0.596 bits per heavy atom. The number of aliphatic hydroxyl groups is 1. The fourth-order valence-corrected chi connectivity index (χ4v) is 15.4. The lowest BCUT2D eigenvalue weighted by Gasteiger charge is -2.62. The van der Waals surface area contributed by atoms with Crippen LogP contribution in [0.5, 0.6) is 0 Å². The van der Waals surface area contributed by atoms with E-state index in [1.165, 1.54) is 45.4 Å². The van der Waals surface area contributed by atoms with Crippen molar-refractivity contribution in [2.75, 3.05) is 66.1 Å². The molecule has 2 heterocycles. The van der Waals surface area contributed by atoms with Crippen molar-refractivity contribution in [2.24, 2.45) is 79.3 Å². The second-order valence-electron chi connectivity index (χ2n) is 39.0. The first-order valence-corrected chi connectivity index (χ1v) is 44.5. The summed E-state index contributed by atoms with van der Waals surface area (Å²) in [6, 6.07) is 0. The van der Waals surface area contributed by atoms with Gasteiger partial charge in [0.25, 0.3) is 0 Å². The maximum atomic E-state index is 12.8. The summed E-state index contributed by atoms with van der Waals surface area (Å²) < 4.78 is 71.2. The predicted molar refractivity (Wildman–Crippen MR) is 544 cm³/mol. The Balaban J connectivity index is -0.000000135. The zero-order valence-electron chi connectivity index (χ0n) is 78.3. The van der Waals surface area contributed by atoms with E-state index in [4.69, 9.17) is 66.3 Å². The van der Waals surface area contributed by atoms with Gasteiger partial charge in [0.2, 0.25) is 12.2 Å². The highest BCUT2D eigenvalue weighted by atomic mass is 16.6. The Hall–Kier alpha value is -7.72. The predicted octanol–water partition coefficient (Wildman–Crippen LogP) is 24.1. The van der Waals surface area contributed by atoms with Gasteiger partial charge in [-0.25, -0.2) is 14.4 Å². The van der Waals surface area contributed by atoms with Gasteiger partial charge < -0.3 is 71.4 Å². The van der Waals surface area contributed by atoms with Gasteiger partial charge in [-0.2, -0.15) is 0 Å². The normalized spacial score (nSPS) is 21.5. The van der Waals surface area contributed by atoms with Crippen LogP contribution in [0.3, 0.4) is 0 Å². The molecule has 10 fully saturated rings. The molecule has 0 radical (unpaired) electrons. The lowest BCUT2D eigenvalue weighted by atomic mass is 9.47. The molecule has 136 heavy (non-hydrogen) atoms. The SMILES string of the molecule is C.C.C.C.C.C.C.C.C.C.C.C.C.C.C=C(C)C(=O)OCCOC(=O)CCC(=O)OCCOC(=O)C(C)(C)CC.CCC(C)(C)C(=O)OC1(C(C)C)C2CC3CC(C2)CC1C3.CCC(C)(C)C(=O)OC12CC3CC(CC(O)(C3)C1)C2.CCC(C)(C)C(=O)OC1CCOC1=O.CCC(C)(C)C(=O)OC1CCOC1=O.CCC(C)(C)C(=O)OCCOC(=O)CCC(=O)OCCOC(=O)C(C)(C)CC. The first kappa shape index (κ1) is 154. The summed E-state index contributed by atoms with van der Waals surface area (Å²) in [6.07, 6.45) is 16.2. The van der Waals surface area contributed by atoms with Crippen molar-refractivity contribution in [2.45, 2.75) is 453 Å². The van der Waals surface area contributed by atoms with Crippen LogP contribution in [0.25, 0.3) is 0 Å². The lowest BCUT2D eigenvalue weighted by molar-refractivity contribution is -0.231. The van der Waals surface area contributed by atoms with Crippen molar-refractivity contribution < 1.29 is 139 Å². The van der Waals surface area contributed by atoms with Gasteiger partial charge in [0.15, 0.2) is 0 Å². The van der Waals surface area contributed by atoms with E-state index >= 15 is 0 Å². The molecular formula is C107H208O29. The van der Waals surface area contributed by atoms with Gasteiger partial charge in [-0.05, 0) is 254 Å². The van der Waals surface area contributed by atoms with Crippen LogP contribution in [0, 0.1) is 79.3 Å². The summed E-state index contributed by atoms with van der Waals surface area (Å²) in [4.78, 5) is 163. The van der Waals surface area contributed by atoms with Crippen LogP contribution < -0.4 is 0 Å². The van der Waals surface area contributed by atoms with Gasteiger partial charge in [-0.1, -0.05) is 173 Å². The van der Waals surface area contributed by atoms with Crippen molar-refractivity contribution in [3.63, 3.8) is 0 Å². The summed E-state index contributed by atoms with van der Waals surface area (Å²) in [5.74, 6) is -0.935. The van der Waals surface area contributed by atoms with E-state index < -0.39 is 92.1 Å². The minimum absolute atomic E-state index is 0. The van der Waals surface area contributed by atoms with Gasteiger partial charge in [0, 0.05) is 24.8 Å². The molecule has 8 bridgehead atoms. The molecule has 4 unspecified atom stereocenters. The molecule has 810 valence electrons. The topological polar surface area (TPSA) is 388 Å². The highest BCUT2D eigenvalue weighted by Crippen LogP contribution is 2.63. The number of ether oxygens (including phenoxy) is 14. The van der Waals surface area contributed by atoms with Crippen LogP contribution in [-0.2, 0) is 133 Å². The summed E-state index contributed by atoms with van der Waals surface area (Å²) >= 11 is 0. The highest BCUT2D eigenvalue weighted by molar-refractivity contribution is 5.87. The molecule has 0 amide bonds. The van der Waals surface area contributed by atoms with Crippen molar-refractivity contribution in [3.8, 4) is 0 Å². The number of rotatable bonds is 38. The van der Waals surface area contributed by atoms with Gasteiger partial charge in [-0.15, -0.1) is 0 Å². The first-order valence-electron chi connectivity index (χ1n) is 44.5. The molecular weight excluding hydrogens is 1750 g/mol. The molecule has 0 spiro atoms. The third-order valence-electron chi connectivity index (χ3n) is 25.9. The molecule has 1 N–H and O–H groups in total. The molecule has 10 aliphatic rings. The second-order valence-corrected chi connectivity index (χ2v) is 39.0. The minimum Gasteiger partial charge on any atom is -0.463 e. The second kappa shape index (κ2) is 68.4. The van der Waals surface area contributed by atoms with Crippen LogP contribution >= 0.6 is 0 Å². The average molecular weight is 1960 g/mol. The van der Waals surface area contributed by atoms with E-state index in [9.17, 15) is 72.2 Å². The third kappa shape index (κ3) is 48.0. The van der Waals surface area contributed by atoms with Gasteiger partial charge in [-0.3, -0.25) is 52.7 Å². The molecule has 29 heteroatoms. The molecule has 8 saturated carbocycles. The van der Waals surface area contributed by atoms with Gasteiger partial charge in [0.05, 0.1) is 82.4 Å². The molecule has 4 atom stereocenters. The van der Waals surface area contributed by atoms with Gasteiger partial charge >= 0.3 is 83.6 Å². The molecule has 0 aromatic heterocycles. The standard InChI is InChI=1S/C20H34O8.C19H32O2.C18H28O8.C16H26O3.2C10H16O4.14CH4/c1-7-19(3,4)17(23)27-13-11-25-15(21)9-10-16(22)26-12-14-28-18(24)20(5,6)8-2;1-6-18(4,5)17(20)21-19(12(2)3)15-8-13-7-14(10-15)11-16(19)9-13;1-6-18(4,5)17(22)26-12-10-24-15(20)8-7-14(19)23-9-11-25-16(21)13(2)3;1-4-14(2,3)13(17)19-16-8-11-5-12(9-16)7-15(18,6-11)10-16;2*1-4-10(2,3)9(12)14-7-5-6-13-8(7)11;;;;;;;;;;;;;;/h7-14H2,1-6H3;12-16H,6-11H2,1-5H3;2,6-12H2,1,3-5H3;11-12,18H,4-10H2,1-3H3;2*7H,4-6H2,1-3H3;14*1H4. The van der Waals surface area contributed by atoms with Crippen LogP contribution in [0.1, 0.15) is 424 Å². The fraction of sp³-hybridized carbons (Fsp3) is 0.850. The van der Waals surface area contributed by atoms with Crippen LogP contribution in [-0.4, -0.2) is 184 Å². The average Bonchev–Trinajstić information content (AvgIpc) is 0.778. The molecule has 0 aromatic carbocycles. The van der Waals surface area contributed by atoms with E-state index in [0.29, 0.717) is 94.2 Å². The van der Waals surface area contributed by atoms with Gasteiger partial charge in [0.1, 0.15) is 64.1 Å². The lowest BCUT2D eigenvalue weighted by Crippen LogP contribution is -2.63. The summed E-state index contributed by atoms with van der Waals surface area (Å²) in [6.45, 7) is 49.1. The quantitative estimate of drug-likeness (QED) is 0.0260. The highest BCUT2D eigenvalue weighted by Gasteiger charge is 2.62. The maximum Gasteiger partial charge on any atom is 0.347 e. The third-order valence-corrected chi connectivity index (χ3v) is 25.9. The first-order chi connectivity index (χ1) is 56.5. The zero-order chi connectivity index (χ0) is 92.8. The van der Waals surface area contributed by atoms with E-state index in [1.807, 2.05) is 69.2 Å². The van der Waals surface area contributed by atoms with Crippen LogP contribution in [0.4, 0.5) is 0 Å². The van der Waals surface area contributed by atoms with Crippen molar-refractivity contribution >= 4 is 83.6 Å². The minimum atomic E-state index is -0.687. The van der Waals surface area contributed by atoms with Crippen molar-refractivity contribution in [1.29, 1.82) is 0 Å². The monoisotopic (exact) mass is 1960 g/mol. The van der Waals surface area contributed by atoms with Crippen LogP contribution in [0.2, 0.25) is 0 Å². The number of esters is 14. The molecule has 8 aliphatic carbocycles. The summed E-state index contributed by atoms with van der Waals surface area (Å²) in [5.41, 5.74) is -4.37. The summed E-state index contributed by atoms with van der Waals surface area (Å²) in [7, 11) is 0. The van der Waals surface area contributed by atoms with E-state index in [1.54, 1.807) is 69.2 Å². The molecule has 2 saturated heterocycles. The Morgan fingerprint density at radius 3 is 0.838 bits per heavy atom. The number of hydrogen-bond acceptors (Lipinski definition) is 29. The van der Waals surface area contributed by atoms with Crippen LogP contribution in [0.15, 0.2) is 12.2 Å². The molecule has 2 aliphatic heterocycles. The number of hydrogen-bond donors (Lipinski definition) is 1. The number of carbonyl (C=O) groups is 14. The smallest absolute Gasteiger partial charge is 0.347 e. The fourth-order valence-electron chi connectivity index (χ4n) is 15.4. The number of cyclic esters (lactones) is 2. The maximum absolute atomic E-state index is 12.8. The molecule has 10 rings (SSSR count). The Labute approximate surface area is 828 Å². The summed E-state index contributed by atoms with van der Waals surface area (Å²) in [5, 5.41) is 10.6. The molecule has 0 aromatic rings. The Morgan fingerprint density at radius 1 is 0.353 bits per heavy atom. The largest absolute Gasteiger partial charge is 0.463 e. The number of carbonyl (C=O) groups excluding carboxylic acids is 14. The molecule has 29 nitrogen and oxygen atoms in total. The Bertz CT molecular complexity index is 3380. The van der Waals surface area contributed by atoms with E-state index in [-0.39, 0.29) is 246 Å². The van der Waals surface area contributed by atoms with E-state index in [2.05, 4.69) is 27.4 Å². The zero-order valence-corrected chi connectivity index (χ0v) is 78.3. The Kier molecular flexibility index (Phi) is 77.3. The van der Waals surface area contributed by atoms with Crippen molar-refractivity contribution in [3.05, 3.63) is 12.2 Å². The van der Waals surface area contributed by atoms with Crippen molar-refractivity contribution in [1.82, 2.24) is 0 Å². The van der Waals surface area contributed by atoms with E-state index in [0.717, 1.165) is 50.4 Å².